The molecule has 0 spiro atoms. The number of aromatic nitrogens is 3. The molecule has 3 aromatic rings. The minimum atomic E-state index is -0.0412. The predicted molar refractivity (Wildman–Crippen MR) is 244 cm³/mol. The number of amidine groups is 2. The maximum atomic E-state index is 12.0. The van der Waals surface area contributed by atoms with Crippen LogP contribution in [0.2, 0.25) is 0 Å². The quantitative estimate of drug-likeness (QED) is 0.0766. The topological polar surface area (TPSA) is 145 Å². The van der Waals surface area contributed by atoms with Gasteiger partial charge in [-0.2, -0.15) is 5.10 Å². The standard InChI is InChI=1S/C48H64N10O2S/c1-32(41(49)54-44-52-37-13-5-6-14-38(37)61-44)34-12-11-21-57(42(34)50)39-16-15-35(40(53-39)43(59)56-19-9-10-20-56)36-24-51-58(33(36)2)31-47-26-45(3)25-46(4,27-47)29-48(28-45,30-47)60-23-22-55-17-7-8-18-55/h5-6,13-16,24,50,53,59H,7-12,17-23,25-31H2,1-4H3,(H2,49,52,54)/p+1/b34-32-,43-40+,50-42?. The van der Waals surface area contributed by atoms with E-state index in [0.717, 1.165) is 109 Å². The highest BCUT2D eigenvalue weighted by molar-refractivity contribution is 7.22. The number of thiazole rings is 1. The van der Waals surface area contributed by atoms with Crippen molar-refractivity contribution in [3.8, 4) is 0 Å². The van der Waals surface area contributed by atoms with E-state index in [4.69, 9.17) is 20.6 Å². The van der Waals surface area contributed by atoms with E-state index in [1.54, 1.807) is 4.90 Å². The number of benzene rings is 1. The number of nitrogens with zero attached hydrogens (tertiary/aromatic N) is 6. The van der Waals surface area contributed by atoms with Crippen LogP contribution in [0.25, 0.3) is 15.8 Å². The number of quaternary nitrogens is 1. The molecular formula is C48H65N10O2S+. The van der Waals surface area contributed by atoms with Gasteiger partial charge in [-0.1, -0.05) is 37.3 Å². The molecule has 2 atom stereocenters. The second kappa shape index (κ2) is 15.4. The Hall–Kier alpha value is -4.46. The van der Waals surface area contributed by atoms with Crippen molar-refractivity contribution < 1.29 is 14.7 Å². The van der Waals surface area contributed by atoms with E-state index in [9.17, 15) is 10.5 Å². The molecule has 4 bridgehead atoms. The monoisotopic (exact) mass is 846 g/mol. The number of hydrogen-bond acceptors (Lipinski definition) is 9. The first-order valence-corrected chi connectivity index (χ1v) is 23.8. The van der Waals surface area contributed by atoms with Gasteiger partial charge in [0.1, 0.15) is 29.7 Å². The maximum Gasteiger partial charge on any atom is 0.212 e. The average molecular weight is 846 g/mol. The van der Waals surface area contributed by atoms with E-state index in [1.165, 1.54) is 69.4 Å². The van der Waals surface area contributed by atoms with E-state index >= 15 is 0 Å². The fourth-order valence-corrected chi connectivity index (χ4v) is 14.5. The summed E-state index contributed by atoms with van der Waals surface area (Å²) in [6.45, 7) is 17.0. The molecule has 0 amide bonds. The first-order chi connectivity index (χ1) is 29.3. The lowest BCUT2D eigenvalue weighted by molar-refractivity contribution is -0.888. The van der Waals surface area contributed by atoms with Crippen molar-refractivity contribution in [2.24, 2.45) is 27.0 Å². The molecular weight excluding hydrogens is 781 g/mol. The Bertz CT molecular complexity index is 2340. The molecule has 61 heavy (non-hydrogen) atoms. The normalized spacial score (nSPS) is 32.2. The van der Waals surface area contributed by atoms with Crippen LogP contribution in [0.15, 0.2) is 76.2 Å². The number of hydrogen-bond donors (Lipinski definition) is 5. The molecule has 2 unspecified atom stereocenters. The SMILES string of the molecule is CC(/C(N)=N/c1nc2ccccc2s1)=C1\CCCN(C2=CC=C(c3cnn(CC45CC6(C)CC(C)(C4)CC(OCC[NH+]4CCCC4)(C6)C5)c3C)/C(=C(\O)N3CCCC3)N2)C1=N. The van der Waals surface area contributed by atoms with Crippen LogP contribution >= 0.6 is 11.3 Å². The van der Waals surface area contributed by atoms with Gasteiger partial charge in [-0.05, 0) is 124 Å². The Morgan fingerprint density at radius 1 is 1.00 bits per heavy atom. The smallest absolute Gasteiger partial charge is 0.212 e. The Kier molecular flexibility index (Phi) is 10.3. The molecule has 11 rings (SSSR count). The van der Waals surface area contributed by atoms with Gasteiger partial charge < -0.3 is 35.6 Å². The third-order valence-electron chi connectivity index (χ3n) is 15.3. The van der Waals surface area contributed by atoms with Gasteiger partial charge >= 0.3 is 0 Å². The number of dihydropyridines is 1. The van der Waals surface area contributed by atoms with Crippen LogP contribution in [-0.2, 0) is 11.3 Å². The first kappa shape index (κ1) is 40.6. The van der Waals surface area contributed by atoms with Crippen LogP contribution in [0.3, 0.4) is 0 Å². The van der Waals surface area contributed by atoms with Crippen LogP contribution < -0.4 is 16.0 Å². The molecule has 12 nitrogen and oxygen atoms in total. The van der Waals surface area contributed by atoms with Crippen molar-refractivity contribution >= 4 is 43.9 Å². The number of rotatable bonds is 11. The van der Waals surface area contributed by atoms with Crippen LogP contribution in [-0.4, -0.2) is 92.8 Å². The first-order valence-electron chi connectivity index (χ1n) is 23.0. The van der Waals surface area contributed by atoms with Crippen molar-refractivity contribution in [3.63, 3.8) is 0 Å². The number of aliphatic imine (C=N–C) groups is 1. The zero-order chi connectivity index (χ0) is 42.1. The molecule has 4 aliphatic heterocycles. The average Bonchev–Trinajstić information content (AvgIpc) is 4.05. The Balaban J connectivity index is 0.927. The summed E-state index contributed by atoms with van der Waals surface area (Å²) in [5, 5.41) is 30.9. The summed E-state index contributed by atoms with van der Waals surface area (Å²) in [7, 11) is 0. The highest BCUT2D eigenvalue weighted by Crippen LogP contribution is 2.72. The largest absolute Gasteiger partial charge is 0.493 e. The lowest BCUT2D eigenvalue weighted by atomic mass is 9.39. The fraction of sp³-hybridized carbons (Fsp3) is 0.583. The van der Waals surface area contributed by atoms with Crippen molar-refractivity contribution in [1.82, 2.24) is 29.9 Å². The van der Waals surface area contributed by atoms with Crippen molar-refractivity contribution in [2.45, 2.75) is 117 Å². The molecule has 6 N–H and O–H groups in total. The lowest BCUT2D eigenvalue weighted by Crippen LogP contribution is -3.10. The highest BCUT2D eigenvalue weighted by Gasteiger charge is 2.66. The fourth-order valence-electron chi connectivity index (χ4n) is 13.7. The van der Waals surface area contributed by atoms with Gasteiger partial charge in [0.2, 0.25) is 11.0 Å². The van der Waals surface area contributed by atoms with Gasteiger partial charge in [0, 0.05) is 61.4 Å². The summed E-state index contributed by atoms with van der Waals surface area (Å²) in [5.41, 5.74) is 13.6. The molecule has 4 saturated carbocycles. The van der Waals surface area contributed by atoms with Crippen molar-refractivity contribution in [2.75, 3.05) is 45.9 Å². The summed E-state index contributed by atoms with van der Waals surface area (Å²) < 4.78 is 10.4. The van der Waals surface area contributed by atoms with E-state index in [2.05, 4.69) is 52.8 Å². The summed E-state index contributed by atoms with van der Waals surface area (Å²) in [6, 6.07) is 7.99. The van der Waals surface area contributed by atoms with E-state index in [-0.39, 0.29) is 27.7 Å². The summed E-state index contributed by atoms with van der Waals surface area (Å²) in [6.07, 6.45) is 19.8. The second-order valence-electron chi connectivity index (χ2n) is 20.5. The molecule has 7 fully saturated rings. The predicted octanol–water partition coefficient (Wildman–Crippen LogP) is 7.35. The molecule has 2 aromatic heterocycles. The number of likely N-dealkylation sites (tertiary alicyclic amines) is 3. The number of aliphatic hydroxyl groups excluding tert-OH is 1. The summed E-state index contributed by atoms with van der Waals surface area (Å²) >= 11 is 1.51. The van der Waals surface area contributed by atoms with Gasteiger partial charge in [-0.15, -0.1) is 0 Å². The lowest BCUT2D eigenvalue weighted by Gasteiger charge is -2.69. The molecule has 324 valence electrons. The number of nitrogens with two attached hydrogens (primary N) is 1. The molecule has 0 radical (unpaired) electrons. The number of fused-ring (bicyclic) bond motifs is 1. The van der Waals surface area contributed by atoms with Crippen LogP contribution in [0.5, 0.6) is 0 Å². The number of para-hydroxylation sites is 1. The summed E-state index contributed by atoms with van der Waals surface area (Å²) in [4.78, 5) is 15.2. The van der Waals surface area contributed by atoms with Crippen molar-refractivity contribution in [3.05, 3.63) is 82.4 Å². The van der Waals surface area contributed by atoms with Gasteiger partial charge in [0.15, 0.2) is 0 Å². The summed E-state index contributed by atoms with van der Waals surface area (Å²) in [5.74, 6) is 1.78. The zero-order valence-electron chi connectivity index (χ0n) is 36.7. The molecule has 6 heterocycles. The van der Waals surface area contributed by atoms with Crippen LogP contribution in [0.1, 0.15) is 109 Å². The molecule has 13 heteroatoms. The third-order valence-corrected chi connectivity index (χ3v) is 16.2. The van der Waals surface area contributed by atoms with E-state index in [0.29, 0.717) is 29.0 Å². The van der Waals surface area contributed by atoms with Gasteiger partial charge in [-0.25, -0.2) is 9.98 Å². The van der Waals surface area contributed by atoms with Crippen molar-refractivity contribution in [1.29, 1.82) is 5.41 Å². The minimum Gasteiger partial charge on any atom is -0.493 e. The Morgan fingerprint density at radius 2 is 1.75 bits per heavy atom. The zero-order valence-corrected chi connectivity index (χ0v) is 37.5. The van der Waals surface area contributed by atoms with Crippen LogP contribution in [0.4, 0.5) is 5.13 Å². The van der Waals surface area contributed by atoms with E-state index < -0.39 is 0 Å². The third kappa shape index (κ3) is 7.62. The van der Waals surface area contributed by atoms with E-state index in [1.807, 2.05) is 42.3 Å². The van der Waals surface area contributed by atoms with Gasteiger partial charge in [-0.3, -0.25) is 10.1 Å². The number of allylic oxidation sites excluding steroid dienone is 3. The van der Waals surface area contributed by atoms with Gasteiger partial charge in [0.05, 0.1) is 41.7 Å². The molecule has 3 saturated heterocycles. The number of aliphatic hydroxyl groups is 1. The Morgan fingerprint density at radius 3 is 2.51 bits per heavy atom. The second-order valence-corrected chi connectivity index (χ2v) is 21.5. The maximum absolute atomic E-state index is 12.0. The molecule has 8 aliphatic rings. The van der Waals surface area contributed by atoms with Crippen LogP contribution in [0, 0.1) is 28.6 Å². The Labute approximate surface area is 364 Å². The number of ether oxygens (including phenoxy) is 1. The van der Waals surface area contributed by atoms with Gasteiger partial charge in [0.25, 0.3) is 0 Å². The molecule has 4 aliphatic carbocycles. The number of nitrogens with one attached hydrogen (secondary N) is 3. The molecule has 1 aromatic carbocycles. The minimum absolute atomic E-state index is 0.0412. The number of piperidine rings is 1. The highest BCUT2D eigenvalue weighted by atomic mass is 32.1.